The molecule has 2 aliphatic rings. The predicted octanol–water partition coefficient (Wildman–Crippen LogP) is 2.90. The van der Waals surface area contributed by atoms with E-state index >= 15 is 0 Å². The predicted molar refractivity (Wildman–Crippen MR) is 94.5 cm³/mol. The van der Waals surface area contributed by atoms with E-state index in [0.717, 1.165) is 43.2 Å². The van der Waals surface area contributed by atoms with Crippen molar-refractivity contribution in [2.45, 2.75) is 63.6 Å². The van der Waals surface area contributed by atoms with E-state index in [-0.39, 0.29) is 18.6 Å². The first kappa shape index (κ1) is 17.9. The zero-order valence-corrected chi connectivity index (χ0v) is 15.0. The minimum absolute atomic E-state index is 0.0687. The summed E-state index contributed by atoms with van der Waals surface area (Å²) in [6, 6.07) is 8.22. The molecule has 1 aliphatic heterocycles. The number of amides is 1. The molecule has 5 heteroatoms. The van der Waals surface area contributed by atoms with Gasteiger partial charge >= 0.3 is 5.97 Å². The van der Waals surface area contributed by atoms with Crippen molar-refractivity contribution in [1.29, 1.82) is 0 Å². The number of hydrogen-bond acceptors (Lipinski definition) is 3. The zero-order valence-electron chi connectivity index (χ0n) is 15.0. The van der Waals surface area contributed by atoms with Gasteiger partial charge in [0.15, 0.2) is 6.10 Å². The molecule has 0 bridgehead atoms. The van der Waals surface area contributed by atoms with E-state index in [0.29, 0.717) is 6.54 Å². The van der Waals surface area contributed by atoms with Crippen molar-refractivity contribution < 1.29 is 19.4 Å². The molecule has 1 aromatic rings. The van der Waals surface area contributed by atoms with Crippen LogP contribution in [0.15, 0.2) is 24.3 Å². The molecule has 0 radical (unpaired) electrons. The molecule has 2 fully saturated rings. The summed E-state index contributed by atoms with van der Waals surface area (Å²) in [6.07, 6.45) is 3.67. The quantitative estimate of drug-likeness (QED) is 0.915. The monoisotopic (exact) mass is 345 g/mol. The van der Waals surface area contributed by atoms with Crippen LogP contribution >= 0.6 is 0 Å². The number of hydrogen-bond donors (Lipinski definition) is 1. The van der Waals surface area contributed by atoms with Crippen molar-refractivity contribution in [3.8, 4) is 0 Å². The summed E-state index contributed by atoms with van der Waals surface area (Å²) >= 11 is 0. The lowest BCUT2D eigenvalue weighted by Gasteiger charge is -2.43. The molecular weight excluding hydrogens is 318 g/mol. The number of aliphatic carboxylic acids is 1. The molecule has 0 spiro atoms. The Morgan fingerprint density at radius 2 is 1.92 bits per heavy atom. The molecule has 136 valence electrons. The van der Waals surface area contributed by atoms with Gasteiger partial charge in [-0.25, -0.2) is 4.79 Å². The van der Waals surface area contributed by atoms with Crippen molar-refractivity contribution in [2.24, 2.45) is 0 Å². The maximum Gasteiger partial charge on any atom is 0.334 e. The molecule has 5 nitrogen and oxygen atoms in total. The molecule has 1 amide bonds. The average Bonchev–Trinajstić information content (AvgIpc) is 2.61. The van der Waals surface area contributed by atoms with Gasteiger partial charge in [0, 0.05) is 6.54 Å². The van der Waals surface area contributed by atoms with E-state index in [2.05, 4.69) is 12.1 Å². The van der Waals surface area contributed by atoms with Crippen LogP contribution in [-0.2, 0) is 19.7 Å². The maximum absolute atomic E-state index is 13.6. The van der Waals surface area contributed by atoms with Crippen molar-refractivity contribution in [2.75, 3.05) is 13.1 Å². The van der Waals surface area contributed by atoms with E-state index < -0.39 is 17.5 Å². The Kier molecular flexibility index (Phi) is 5.13. The van der Waals surface area contributed by atoms with E-state index in [4.69, 9.17) is 4.74 Å². The number of rotatable bonds is 3. The molecule has 3 rings (SSSR count). The Labute approximate surface area is 149 Å². The molecule has 1 aromatic carbocycles. The van der Waals surface area contributed by atoms with Gasteiger partial charge < -0.3 is 14.7 Å². The number of morpholine rings is 1. The lowest BCUT2D eigenvalue weighted by molar-refractivity contribution is -0.169. The van der Waals surface area contributed by atoms with Gasteiger partial charge in [0.1, 0.15) is 0 Å². The number of nitrogens with zero attached hydrogens (tertiary/aromatic N) is 1. The van der Waals surface area contributed by atoms with Crippen molar-refractivity contribution in [3.05, 3.63) is 35.4 Å². The third-order valence-electron chi connectivity index (χ3n) is 5.51. The Balaban J connectivity index is 1.93. The van der Waals surface area contributed by atoms with E-state index in [1.165, 1.54) is 0 Å². The summed E-state index contributed by atoms with van der Waals surface area (Å²) < 4.78 is 5.48. The van der Waals surface area contributed by atoms with Gasteiger partial charge in [-0.3, -0.25) is 4.79 Å². The first-order chi connectivity index (χ1) is 11.9. The Morgan fingerprint density at radius 1 is 1.20 bits per heavy atom. The topological polar surface area (TPSA) is 66.8 Å². The Bertz CT molecular complexity index is 651. The van der Waals surface area contributed by atoms with Crippen LogP contribution < -0.4 is 0 Å². The molecule has 2 atom stereocenters. The number of carbonyl (C=O) groups is 2. The fraction of sp³-hybridized carbons (Fsp3) is 0.600. The fourth-order valence-corrected chi connectivity index (χ4v) is 4.28. The highest BCUT2D eigenvalue weighted by molar-refractivity contribution is 5.89. The van der Waals surface area contributed by atoms with Gasteiger partial charge in [-0.1, -0.05) is 49.1 Å². The van der Waals surface area contributed by atoms with Crippen LogP contribution in [0.25, 0.3) is 0 Å². The van der Waals surface area contributed by atoms with Crippen molar-refractivity contribution in [1.82, 2.24) is 4.90 Å². The van der Waals surface area contributed by atoms with Crippen LogP contribution in [0.5, 0.6) is 0 Å². The second-order valence-electron chi connectivity index (χ2n) is 7.50. The number of benzene rings is 1. The number of carbonyl (C=O) groups excluding carboxylic acids is 1. The number of ether oxygens (including phenoxy) is 1. The SMILES string of the molecule is Cc1cccc(C2(C(=O)N3CC(C(=O)O)O[C@H](C)C3)CCCCC2)c1. The third kappa shape index (κ3) is 3.56. The van der Waals surface area contributed by atoms with Crippen LogP contribution in [-0.4, -0.2) is 47.2 Å². The van der Waals surface area contributed by atoms with Gasteiger partial charge in [0.25, 0.3) is 0 Å². The summed E-state index contributed by atoms with van der Waals surface area (Å²) in [5, 5.41) is 9.32. The second-order valence-corrected chi connectivity index (χ2v) is 7.50. The Morgan fingerprint density at radius 3 is 2.56 bits per heavy atom. The first-order valence-corrected chi connectivity index (χ1v) is 9.17. The van der Waals surface area contributed by atoms with Gasteiger partial charge in [0.05, 0.1) is 18.1 Å². The van der Waals surface area contributed by atoms with Crippen LogP contribution in [0.3, 0.4) is 0 Å². The highest BCUT2D eigenvalue weighted by atomic mass is 16.5. The average molecular weight is 345 g/mol. The van der Waals surface area contributed by atoms with Crippen molar-refractivity contribution >= 4 is 11.9 Å². The number of aryl methyl sites for hydroxylation is 1. The van der Waals surface area contributed by atoms with Crippen molar-refractivity contribution in [3.63, 3.8) is 0 Å². The summed E-state index contributed by atoms with van der Waals surface area (Å²) in [6.45, 7) is 4.46. The minimum Gasteiger partial charge on any atom is -0.479 e. The van der Waals surface area contributed by atoms with E-state index in [9.17, 15) is 14.7 Å². The molecular formula is C20H27NO4. The van der Waals surface area contributed by atoms with E-state index in [1.54, 1.807) is 4.90 Å². The second kappa shape index (κ2) is 7.16. The van der Waals surface area contributed by atoms with Crippen LogP contribution in [0, 0.1) is 6.92 Å². The molecule has 1 saturated heterocycles. The molecule has 1 heterocycles. The highest BCUT2D eigenvalue weighted by Gasteiger charge is 2.45. The molecule has 1 unspecified atom stereocenters. The maximum atomic E-state index is 13.6. The lowest BCUT2D eigenvalue weighted by atomic mass is 9.68. The molecule has 25 heavy (non-hydrogen) atoms. The Hall–Kier alpha value is -1.88. The van der Waals surface area contributed by atoms with Crippen LogP contribution in [0.4, 0.5) is 0 Å². The van der Waals surface area contributed by atoms with Gasteiger partial charge in [-0.15, -0.1) is 0 Å². The molecule has 0 aromatic heterocycles. The van der Waals surface area contributed by atoms with Gasteiger partial charge in [0.2, 0.25) is 5.91 Å². The summed E-state index contributed by atoms with van der Waals surface area (Å²) in [7, 11) is 0. The van der Waals surface area contributed by atoms with Gasteiger partial charge in [-0.05, 0) is 32.3 Å². The molecule has 1 N–H and O–H groups in total. The first-order valence-electron chi connectivity index (χ1n) is 9.17. The van der Waals surface area contributed by atoms with Gasteiger partial charge in [-0.2, -0.15) is 0 Å². The minimum atomic E-state index is -1.00. The summed E-state index contributed by atoms with van der Waals surface area (Å²) in [5.41, 5.74) is 1.70. The molecule has 1 aliphatic carbocycles. The summed E-state index contributed by atoms with van der Waals surface area (Å²) in [5.74, 6) is -0.934. The number of carboxylic acids is 1. The zero-order chi connectivity index (χ0) is 18.0. The lowest BCUT2D eigenvalue weighted by Crippen LogP contribution is -2.57. The normalized spacial score (nSPS) is 26.2. The third-order valence-corrected chi connectivity index (χ3v) is 5.51. The molecule has 1 saturated carbocycles. The summed E-state index contributed by atoms with van der Waals surface area (Å²) in [4.78, 5) is 26.7. The number of carboxylic acid groups (broad SMARTS) is 1. The van der Waals surface area contributed by atoms with Crippen LogP contribution in [0.1, 0.15) is 50.2 Å². The highest BCUT2D eigenvalue weighted by Crippen LogP contribution is 2.41. The fourth-order valence-electron chi connectivity index (χ4n) is 4.28. The smallest absolute Gasteiger partial charge is 0.334 e. The largest absolute Gasteiger partial charge is 0.479 e. The van der Waals surface area contributed by atoms with E-state index in [1.807, 2.05) is 26.0 Å². The van der Waals surface area contributed by atoms with Crippen LogP contribution in [0.2, 0.25) is 0 Å². The standard InChI is InChI=1S/C20H27NO4/c1-14-7-6-8-16(11-14)20(9-4-3-5-10-20)19(24)21-12-15(2)25-17(13-21)18(22)23/h6-8,11,15,17H,3-5,9-10,12-13H2,1-2H3,(H,22,23)/t15-,17?/m1/s1.